The fourth-order valence-electron chi connectivity index (χ4n) is 2.36. The van der Waals surface area contributed by atoms with E-state index in [0.717, 1.165) is 12.0 Å². The van der Waals surface area contributed by atoms with E-state index in [9.17, 15) is 14.9 Å². The van der Waals surface area contributed by atoms with Gasteiger partial charge in [0.2, 0.25) is 0 Å². The van der Waals surface area contributed by atoms with Crippen molar-refractivity contribution < 1.29 is 19.2 Å². The minimum absolute atomic E-state index is 0.0515. The highest BCUT2D eigenvalue weighted by Crippen LogP contribution is 2.28. The fraction of sp³-hybridized carbons (Fsp3) is 0.350. The van der Waals surface area contributed by atoms with Crippen LogP contribution in [0.5, 0.6) is 11.5 Å². The summed E-state index contributed by atoms with van der Waals surface area (Å²) in [4.78, 5) is 22.4. The molecule has 0 saturated heterocycles. The summed E-state index contributed by atoms with van der Waals surface area (Å²) in [6.45, 7) is 5.19. The number of carbonyl (C=O) groups excluding carboxylic acids is 1. The van der Waals surface area contributed by atoms with Crippen LogP contribution < -0.4 is 14.8 Å². The second-order valence-corrected chi connectivity index (χ2v) is 6.50. The molecule has 0 bridgehead atoms. The Balaban J connectivity index is 1.96. The first-order chi connectivity index (χ1) is 12.9. The van der Waals surface area contributed by atoms with Crippen molar-refractivity contribution in [3.8, 4) is 11.5 Å². The Morgan fingerprint density at radius 3 is 2.44 bits per heavy atom. The molecule has 7 nitrogen and oxygen atoms in total. The van der Waals surface area contributed by atoms with Crippen LogP contribution in [0.3, 0.4) is 0 Å². The van der Waals surface area contributed by atoms with Crippen LogP contribution in [0, 0.1) is 16.0 Å². The van der Waals surface area contributed by atoms with Crippen molar-refractivity contribution in [1.29, 1.82) is 0 Å². The predicted octanol–water partition coefficient (Wildman–Crippen LogP) is 3.96. The summed E-state index contributed by atoms with van der Waals surface area (Å²) >= 11 is 0. The van der Waals surface area contributed by atoms with Crippen molar-refractivity contribution in [2.45, 2.75) is 26.8 Å². The van der Waals surface area contributed by atoms with Crippen LogP contribution in [-0.4, -0.2) is 24.5 Å². The average molecular weight is 372 g/mol. The molecule has 7 heteroatoms. The molecule has 0 aliphatic carbocycles. The Morgan fingerprint density at radius 1 is 1.15 bits per heavy atom. The number of non-ortho nitro benzene ring substituents is 1. The van der Waals surface area contributed by atoms with E-state index in [1.807, 2.05) is 18.2 Å². The van der Waals surface area contributed by atoms with E-state index in [1.165, 1.54) is 24.3 Å². The van der Waals surface area contributed by atoms with E-state index in [4.69, 9.17) is 9.47 Å². The molecule has 144 valence electrons. The molecule has 0 aliphatic heterocycles. The summed E-state index contributed by atoms with van der Waals surface area (Å²) in [5, 5.41) is 13.5. The maximum absolute atomic E-state index is 12.2. The molecule has 1 N–H and O–H groups in total. The second-order valence-electron chi connectivity index (χ2n) is 6.50. The maximum Gasteiger partial charge on any atom is 0.269 e. The summed E-state index contributed by atoms with van der Waals surface area (Å²) < 4.78 is 11.1. The van der Waals surface area contributed by atoms with Gasteiger partial charge in [-0.2, -0.15) is 0 Å². The molecule has 0 unspecified atom stereocenters. The molecule has 0 saturated carbocycles. The van der Waals surface area contributed by atoms with Gasteiger partial charge in [-0.1, -0.05) is 19.9 Å². The van der Waals surface area contributed by atoms with Crippen molar-refractivity contribution >= 4 is 11.6 Å². The summed E-state index contributed by atoms with van der Waals surface area (Å²) in [5.74, 6) is 1.54. The Kier molecular flexibility index (Phi) is 7.16. The number of nitro groups is 1. The third-order valence-corrected chi connectivity index (χ3v) is 3.97. The zero-order valence-corrected chi connectivity index (χ0v) is 15.7. The van der Waals surface area contributed by atoms with Crippen molar-refractivity contribution in [3.63, 3.8) is 0 Å². The van der Waals surface area contributed by atoms with E-state index in [1.54, 1.807) is 7.11 Å². The van der Waals surface area contributed by atoms with Crippen molar-refractivity contribution in [2.75, 3.05) is 13.7 Å². The molecule has 27 heavy (non-hydrogen) atoms. The topological polar surface area (TPSA) is 90.7 Å². The molecule has 2 aromatic rings. The number of nitrogens with zero attached hydrogens (tertiary/aromatic N) is 1. The van der Waals surface area contributed by atoms with Crippen LogP contribution in [0.2, 0.25) is 0 Å². The molecular weight excluding hydrogens is 348 g/mol. The lowest BCUT2D eigenvalue weighted by Crippen LogP contribution is -2.22. The largest absolute Gasteiger partial charge is 0.493 e. The van der Waals surface area contributed by atoms with E-state index in [0.29, 0.717) is 36.1 Å². The molecule has 2 rings (SSSR count). The van der Waals surface area contributed by atoms with Gasteiger partial charge in [-0.25, -0.2) is 0 Å². The third-order valence-electron chi connectivity index (χ3n) is 3.97. The number of benzene rings is 2. The molecule has 0 atom stereocenters. The molecule has 0 aliphatic rings. The second kappa shape index (κ2) is 9.56. The molecule has 2 aromatic carbocycles. The van der Waals surface area contributed by atoms with Gasteiger partial charge in [0.05, 0.1) is 18.6 Å². The van der Waals surface area contributed by atoms with Gasteiger partial charge in [0.15, 0.2) is 11.5 Å². The number of amides is 1. The van der Waals surface area contributed by atoms with E-state index in [-0.39, 0.29) is 11.6 Å². The van der Waals surface area contributed by atoms with Crippen LogP contribution in [0.1, 0.15) is 36.2 Å². The van der Waals surface area contributed by atoms with Gasteiger partial charge in [-0.15, -0.1) is 0 Å². The third kappa shape index (κ3) is 5.99. The summed E-state index contributed by atoms with van der Waals surface area (Å²) in [6, 6.07) is 11.0. The molecule has 1 amide bonds. The minimum Gasteiger partial charge on any atom is -0.493 e. The van der Waals surface area contributed by atoms with Gasteiger partial charge < -0.3 is 14.8 Å². The highest BCUT2D eigenvalue weighted by molar-refractivity contribution is 5.94. The van der Waals surface area contributed by atoms with E-state index < -0.39 is 4.92 Å². The number of hydrogen-bond donors (Lipinski definition) is 1. The Bertz CT molecular complexity index is 787. The quantitative estimate of drug-likeness (QED) is 0.531. The Morgan fingerprint density at radius 2 is 1.85 bits per heavy atom. The van der Waals surface area contributed by atoms with Gasteiger partial charge >= 0.3 is 0 Å². The summed E-state index contributed by atoms with van der Waals surface area (Å²) in [6.07, 6.45) is 0.955. The molecular formula is C20H24N2O5. The lowest BCUT2D eigenvalue weighted by atomic mass is 10.1. The zero-order valence-electron chi connectivity index (χ0n) is 15.7. The first-order valence-electron chi connectivity index (χ1n) is 8.73. The van der Waals surface area contributed by atoms with Crippen molar-refractivity contribution in [3.05, 3.63) is 63.7 Å². The summed E-state index contributed by atoms with van der Waals surface area (Å²) in [5.41, 5.74) is 1.17. The predicted molar refractivity (Wildman–Crippen MR) is 102 cm³/mol. The van der Waals surface area contributed by atoms with Gasteiger partial charge in [0.25, 0.3) is 11.6 Å². The van der Waals surface area contributed by atoms with Gasteiger partial charge in [0.1, 0.15) is 0 Å². The highest BCUT2D eigenvalue weighted by Gasteiger charge is 2.11. The number of carbonyl (C=O) groups is 1. The lowest BCUT2D eigenvalue weighted by molar-refractivity contribution is -0.384. The van der Waals surface area contributed by atoms with Gasteiger partial charge in [0, 0.05) is 24.2 Å². The normalized spacial score (nSPS) is 10.5. The standard InChI is InChI=1S/C20H24N2O5/c1-14(2)10-11-27-18-9-4-15(12-19(18)26-3)13-21-20(23)16-5-7-17(8-6-16)22(24)25/h4-9,12,14H,10-11,13H2,1-3H3,(H,21,23). The van der Waals surface area contributed by atoms with Crippen LogP contribution in [-0.2, 0) is 6.54 Å². The Labute approximate surface area is 158 Å². The van der Waals surface area contributed by atoms with Crippen LogP contribution in [0.4, 0.5) is 5.69 Å². The number of rotatable bonds is 9. The smallest absolute Gasteiger partial charge is 0.269 e. The van der Waals surface area contributed by atoms with Crippen LogP contribution >= 0.6 is 0 Å². The van der Waals surface area contributed by atoms with Gasteiger partial charge in [-0.3, -0.25) is 14.9 Å². The zero-order chi connectivity index (χ0) is 19.8. The maximum atomic E-state index is 12.2. The first-order valence-corrected chi connectivity index (χ1v) is 8.73. The Hall–Kier alpha value is -3.09. The molecule has 0 fully saturated rings. The number of methoxy groups -OCH3 is 1. The van der Waals surface area contributed by atoms with Gasteiger partial charge in [-0.05, 0) is 42.2 Å². The van der Waals surface area contributed by atoms with Crippen molar-refractivity contribution in [2.24, 2.45) is 5.92 Å². The van der Waals surface area contributed by atoms with E-state index in [2.05, 4.69) is 19.2 Å². The first kappa shape index (κ1) is 20.2. The highest BCUT2D eigenvalue weighted by atomic mass is 16.6. The van der Waals surface area contributed by atoms with E-state index >= 15 is 0 Å². The number of nitrogens with one attached hydrogen (secondary N) is 1. The minimum atomic E-state index is -0.501. The SMILES string of the molecule is COc1cc(CNC(=O)c2ccc([N+](=O)[O-])cc2)ccc1OCCC(C)C. The molecule has 0 radical (unpaired) electrons. The average Bonchev–Trinajstić information content (AvgIpc) is 2.66. The van der Waals surface area contributed by atoms with Crippen molar-refractivity contribution in [1.82, 2.24) is 5.32 Å². The lowest BCUT2D eigenvalue weighted by Gasteiger charge is -2.13. The monoisotopic (exact) mass is 372 g/mol. The van der Waals surface area contributed by atoms with Crippen LogP contribution in [0.15, 0.2) is 42.5 Å². The molecule has 0 aromatic heterocycles. The number of nitro benzene ring substituents is 1. The van der Waals surface area contributed by atoms with Crippen LogP contribution in [0.25, 0.3) is 0 Å². The number of ether oxygens (including phenoxy) is 2. The number of hydrogen-bond acceptors (Lipinski definition) is 5. The molecule has 0 spiro atoms. The molecule has 0 heterocycles. The fourth-order valence-corrected chi connectivity index (χ4v) is 2.36. The summed E-state index contributed by atoms with van der Waals surface area (Å²) in [7, 11) is 1.57.